The number of fused-ring (bicyclic) bond motifs is 1. The van der Waals surface area contributed by atoms with Gasteiger partial charge in [0, 0.05) is 5.75 Å². The van der Waals surface area contributed by atoms with Crippen molar-refractivity contribution in [2.45, 2.75) is 41.3 Å². The van der Waals surface area contributed by atoms with E-state index in [0.717, 1.165) is 27.1 Å². The highest BCUT2D eigenvalue weighted by atomic mass is 32.2. The Balaban J connectivity index is 1.85. The van der Waals surface area contributed by atoms with Crippen LogP contribution in [0.2, 0.25) is 0 Å². The molecule has 0 spiro atoms. The van der Waals surface area contributed by atoms with Crippen LogP contribution < -0.4 is 5.56 Å². The van der Waals surface area contributed by atoms with Gasteiger partial charge in [0.1, 0.15) is 15.6 Å². The predicted molar refractivity (Wildman–Crippen MR) is 117 cm³/mol. The number of thioether (sulfide) groups is 1. The van der Waals surface area contributed by atoms with E-state index in [2.05, 4.69) is 27.1 Å². The molecule has 0 saturated carbocycles. The minimum absolute atomic E-state index is 0.186. The highest BCUT2D eigenvalue weighted by Crippen LogP contribution is 2.33. The Kier molecular flexibility index (Phi) is 6.22. The highest BCUT2D eigenvalue weighted by molar-refractivity contribution is 8.01. The average molecular weight is 443 g/mol. The predicted octanol–water partition coefficient (Wildman–Crippen LogP) is 4.05. The summed E-state index contributed by atoms with van der Waals surface area (Å²) in [5.41, 5.74) is 1.98. The fourth-order valence-corrected chi connectivity index (χ4v) is 5.20. The van der Waals surface area contributed by atoms with E-state index in [0.29, 0.717) is 27.9 Å². The summed E-state index contributed by atoms with van der Waals surface area (Å²) in [6, 6.07) is 9.86. The molecule has 0 atom stereocenters. The van der Waals surface area contributed by atoms with Gasteiger partial charge in [-0.2, -0.15) is 0 Å². The lowest BCUT2D eigenvalue weighted by atomic mass is 10.2. The first-order valence-electron chi connectivity index (χ1n) is 9.06. The van der Waals surface area contributed by atoms with Crippen molar-refractivity contribution >= 4 is 46.0 Å². The molecule has 7 nitrogen and oxygen atoms in total. The molecule has 29 heavy (non-hydrogen) atoms. The molecule has 148 valence electrons. The molecule has 0 bridgehead atoms. The van der Waals surface area contributed by atoms with Crippen molar-refractivity contribution in [2.24, 2.45) is 0 Å². The first-order chi connectivity index (χ1) is 14.1. The van der Waals surface area contributed by atoms with Crippen molar-refractivity contribution in [1.82, 2.24) is 29.7 Å². The first-order valence-corrected chi connectivity index (χ1v) is 11.7. The summed E-state index contributed by atoms with van der Waals surface area (Å²) in [6.07, 6.45) is 2.34. The number of benzene rings is 1. The zero-order valence-electron chi connectivity index (χ0n) is 15.9. The normalized spacial score (nSPS) is 11.2. The largest absolute Gasteiger partial charge is 0.285 e. The molecule has 3 aromatic heterocycles. The van der Waals surface area contributed by atoms with Gasteiger partial charge in [0.05, 0.1) is 12.7 Å². The molecule has 0 saturated heterocycles. The highest BCUT2D eigenvalue weighted by Gasteiger charge is 2.17. The third-order valence-electron chi connectivity index (χ3n) is 3.95. The van der Waals surface area contributed by atoms with Crippen molar-refractivity contribution in [2.75, 3.05) is 5.75 Å². The average Bonchev–Trinajstić information content (AvgIpc) is 3.14. The Morgan fingerprint density at radius 1 is 1.14 bits per heavy atom. The number of rotatable bonds is 7. The molecule has 0 N–H and O–H groups in total. The molecule has 0 unspecified atom stereocenters. The third-order valence-corrected chi connectivity index (χ3v) is 6.87. The Labute approximate surface area is 180 Å². The Morgan fingerprint density at radius 2 is 1.97 bits per heavy atom. The standard InChI is InChI=1S/C19H18N6OS3/c1-3-9-27-18-21-16-15(17(22-18)29-19-24-23-12(2)28-19)20-10-14(26)25(16)11-13-7-5-4-6-8-13/h4-8,10H,3,9,11H2,1-2H3. The van der Waals surface area contributed by atoms with E-state index in [1.807, 2.05) is 37.3 Å². The molecule has 0 aliphatic heterocycles. The second-order valence-corrected chi connectivity index (χ2v) is 9.67. The van der Waals surface area contributed by atoms with E-state index >= 15 is 0 Å². The van der Waals surface area contributed by atoms with E-state index in [1.54, 1.807) is 16.3 Å². The second kappa shape index (κ2) is 9.02. The van der Waals surface area contributed by atoms with Gasteiger partial charge in [-0.3, -0.25) is 9.36 Å². The SMILES string of the molecule is CCCSc1nc(Sc2nnc(C)s2)c2ncc(=O)n(Cc3ccccc3)c2n1. The molecule has 4 aromatic rings. The van der Waals surface area contributed by atoms with E-state index in [-0.39, 0.29) is 5.56 Å². The number of aromatic nitrogens is 6. The van der Waals surface area contributed by atoms with Crippen LogP contribution in [0.3, 0.4) is 0 Å². The van der Waals surface area contributed by atoms with Gasteiger partial charge in [0.2, 0.25) is 0 Å². The Bertz CT molecular complexity index is 1190. The van der Waals surface area contributed by atoms with Crippen LogP contribution in [0.4, 0.5) is 0 Å². The lowest BCUT2D eigenvalue weighted by molar-refractivity contribution is 0.754. The fourth-order valence-electron chi connectivity index (χ4n) is 2.65. The summed E-state index contributed by atoms with van der Waals surface area (Å²) < 4.78 is 2.45. The maximum atomic E-state index is 12.6. The van der Waals surface area contributed by atoms with E-state index < -0.39 is 0 Å². The molecular formula is C19H18N6OS3. The summed E-state index contributed by atoms with van der Waals surface area (Å²) in [7, 11) is 0. The molecule has 10 heteroatoms. The minimum atomic E-state index is -0.186. The van der Waals surface area contributed by atoms with Gasteiger partial charge >= 0.3 is 0 Å². The monoisotopic (exact) mass is 442 g/mol. The molecule has 0 aliphatic rings. The first kappa shape index (κ1) is 20.0. The molecule has 1 aromatic carbocycles. The topological polar surface area (TPSA) is 86.5 Å². The number of aryl methyl sites for hydroxylation is 1. The van der Waals surface area contributed by atoms with Gasteiger partial charge in [-0.05, 0) is 30.7 Å². The maximum Gasteiger partial charge on any atom is 0.270 e. The van der Waals surface area contributed by atoms with E-state index in [9.17, 15) is 4.79 Å². The van der Waals surface area contributed by atoms with Crippen molar-refractivity contribution in [1.29, 1.82) is 0 Å². The van der Waals surface area contributed by atoms with Crippen molar-refractivity contribution in [3.05, 3.63) is 57.5 Å². The number of hydrogen-bond donors (Lipinski definition) is 0. The molecule has 0 radical (unpaired) electrons. The van der Waals surface area contributed by atoms with Crippen LogP contribution in [-0.2, 0) is 6.54 Å². The Morgan fingerprint density at radius 3 is 2.69 bits per heavy atom. The maximum absolute atomic E-state index is 12.6. The van der Waals surface area contributed by atoms with Crippen LogP contribution >= 0.6 is 34.9 Å². The molecule has 0 aliphatic carbocycles. The van der Waals surface area contributed by atoms with Crippen LogP contribution in [-0.4, -0.2) is 35.5 Å². The summed E-state index contributed by atoms with van der Waals surface area (Å²) in [4.78, 5) is 26.4. The number of nitrogens with zero attached hydrogens (tertiary/aromatic N) is 6. The van der Waals surface area contributed by atoms with Gasteiger partial charge in [-0.15, -0.1) is 10.2 Å². The molecule has 4 rings (SSSR count). The summed E-state index contributed by atoms with van der Waals surface area (Å²) in [5, 5.41) is 10.5. The van der Waals surface area contributed by atoms with Crippen molar-refractivity contribution in [3.8, 4) is 0 Å². The molecule has 3 heterocycles. The van der Waals surface area contributed by atoms with Gasteiger partial charge in [-0.1, -0.05) is 60.4 Å². The zero-order chi connectivity index (χ0) is 20.2. The van der Waals surface area contributed by atoms with Crippen molar-refractivity contribution in [3.63, 3.8) is 0 Å². The van der Waals surface area contributed by atoms with Gasteiger partial charge < -0.3 is 0 Å². The smallest absolute Gasteiger partial charge is 0.270 e. The lowest BCUT2D eigenvalue weighted by Crippen LogP contribution is -2.22. The van der Waals surface area contributed by atoms with E-state index in [4.69, 9.17) is 4.98 Å². The second-order valence-electron chi connectivity index (χ2n) is 6.19. The van der Waals surface area contributed by atoms with Gasteiger partial charge in [-0.25, -0.2) is 15.0 Å². The van der Waals surface area contributed by atoms with Crippen LogP contribution in [0, 0.1) is 6.92 Å². The van der Waals surface area contributed by atoms with Crippen LogP contribution in [0.25, 0.3) is 11.2 Å². The van der Waals surface area contributed by atoms with Gasteiger partial charge in [0.15, 0.2) is 15.1 Å². The zero-order valence-corrected chi connectivity index (χ0v) is 18.4. The molecular weight excluding hydrogens is 424 g/mol. The summed E-state index contributed by atoms with van der Waals surface area (Å²) in [5.74, 6) is 0.900. The van der Waals surface area contributed by atoms with Crippen LogP contribution in [0.15, 0.2) is 55.8 Å². The quantitative estimate of drug-likeness (QED) is 0.241. The minimum Gasteiger partial charge on any atom is -0.285 e. The van der Waals surface area contributed by atoms with E-state index in [1.165, 1.54) is 29.3 Å². The fraction of sp³-hybridized carbons (Fsp3) is 0.263. The summed E-state index contributed by atoms with van der Waals surface area (Å²) in [6.45, 7) is 4.45. The molecule has 0 amide bonds. The molecule has 0 fully saturated rings. The lowest BCUT2D eigenvalue weighted by Gasteiger charge is -2.12. The van der Waals surface area contributed by atoms with Gasteiger partial charge in [0.25, 0.3) is 5.56 Å². The van der Waals surface area contributed by atoms with Crippen LogP contribution in [0.1, 0.15) is 23.9 Å². The summed E-state index contributed by atoms with van der Waals surface area (Å²) >= 11 is 4.49. The Hall–Kier alpha value is -2.30. The third kappa shape index (κ3) is 4.65. The van der Waals surface area contributed by atoms with Crippen LogP contribution in [0.5, 0.6) is 0 Å². The number of hydrogen-bond acceptors (Lipinski definition) is 9. The van der Waals surface area contributed by atoms with Crippen molar-refractivity contribution < 1.29 is 0 Å².